The summed E-state index contributed by atoms with van der Waals surface area (Å²) in [6.07, 6.45) is 0. The van der Waals surface area contributed by atoms with Gasteiger partial charge in [0.05, 0.1) is 39.6 Å². The number of benzene rings is 6. The first kappa shape index (κ1) is 23.8. The fraction of sp³-hybridized carbons (Fsp3) is 0. The molecule has 0 amide bonds. The molecule has 0 fully saturated rings. The van der Waals surface area contributed by atoms with Gasteiger partial charge in [0.15, 0.2) is 0 Å². The molecule has 0 bridgehead atoms. The molecule has 3 aromatic heterocycles. The van der Waals surface area contributed by atoms with Gasteiger partial charge in [0.1, 0.15) is 11.2 Å². The van der Waals surface area contributed by atoms with Gasteiger partial charge in [-0.05, 0) is 71.1 Å². The fourth-order valence-electron chi connectivity index (χ4n) is 6.60. The van der Waals surface area contributed by atoms with Crippen LogP contribution in [0.2, 0.25) is 0 Å². The van der Waals surface area contributed by atoms with Crippen LogP contribution < -0.4 is 0 Å². The highest BCUT2D eigenvalue weighted by molar-refractivity contribution is 7.26. The molecule has 198 valence electrons. The Morgan fingerprint density at radius 2 is 1.44 bits per heavy atom. The van der Waals surface area contributed by atoms with Gasteiger partial charge in [0.25, 0.3) is 0 Å². The predicted molar refractivity (Wildman–Crippen MR) is 177 cm³/mol. The number of para-hydroxylation sites is 2. The predicted octanol–water partition coefficient (Wildman–Crippen LogP) is 11.1. The molecule has 5 heteroatoms. The Morgan fingerprint density at radius 1 is 0.674 bits per heavy atom. The van der Waals surface area contributed by atoms with Crippen LogP contribution in [-0.2, 0) is 0 Å². The molecule has 0 saturated heterocycles. The van der Waals surface area contributed by atoms with Gasteiger partial charge in [-0.15, -0.1) is 11.3 Å². The number of hydrogen-bond acceptors (Lipinski definition) is 3. The first-order valence-electron chi connectivity index (χ1n) is 13.9. The van der Waals surface area contributed by atoms with Gasteiger partial charge in [-0.25, -0.2) is 4.85 Å². The van der Waals surface area contributed by atoms with Gasteiger partial charge >= 0.3 is 0 Å². The number of nitriles is 1. The summed E-state index contributed by atoms with van der Waals surface area (Å²) < 4.78 is 10.6. The molecule has 0 aliphatic heterocycles. The molecule has 6 aromatic carbocycles. The molecule has 0 aliphatic carbocycles. The van der Waals surface area contributed by atoms with E-state index in [1.165, 1.54) is 0 Å². The molecule has 3 heterocycles. The topological polar surface area (TPSA) is 46.2 Å². The molecule has 43 heavy (non-hydrogen) atoms. The van der Waals surface area contributed by atoms with Crippen LogP contribution in [0.15, 0.2) is 120 Å². The van der Waals surface area contributed by atoms with Crippen molar-refractivity contribution in [3.05, 3.63) is 132 Å². The first-order valence-corrected chi connectivity index (χ1v) is 14.8. The SMILES string of the molecule is [C-]#[N+]c1cc(-c2cccc3oc4ccccc4c23)cc2c1sc1c(-n3c4ccccc4c4cc(C#N)ccc43)cccc12. The summed E-state index contributed by atoms with van der Waals surface area (Å²) in [7, 11) is 0. The molecule has 0 spiro atoms. The van der Waals surface area contributed by atoms with E-state index in [-0.39, 0.29) is 0 Å². The first-order chi connectivity index (χ1) is 21.2. The van der Waals surface area contributed by atoms with E-state index in [2.05, 4.69) is 70.1 Å². The van der Waals surface area contributed by atoms with Gasteiger partial charge in [-0.2, -0.15) is 5.26 Å². The average Bonchev–Trinajstić information content (AvgIpc) is 3.73. The third-order valence-electron chi connectivity index (χ3n) is 8.43. The number of fused-ring (bicyclic) bond motifs is 9. The van der Waals surface area contributed by atoms with E-state index in [1.807, 2.05) is 60.7 Å². The van der Waals surface area contributed by atoms with Gasteiger partial charge in [0, 0.05) is 31.6 Å². The largest absolute Gasteiger partial charge is 0.456 e. The third kappa shape index (κ3) is 3.29. The Kier molecular flexibility index (Phi) is 4.87. The Bertz CT molecular complexity index is 2710. The summed E-state index contributed by atoms with van der Waals surface area (Å²) in [5.74, 6) is 0. The highest BCUT2D eigenvalue weighted by Gasteiger charge is 2.20. The van der Waals surface area contributed by atoms with Crippen LogP contribution in [0, 0.1) is 17.9 Å². The van der Waals surface area contributed by atoms with Gasteiger partial charge in [-0.1, -0.05) is 60.7 Å². The van der Waals surface area contributed by atoms with Crippen molar-refractivity contribution >= 4 is 80.9 Å². The van der Waals surface area contributed by atoms with E-state index in [4.69, 9.17) is 11.0 Å². The van der Waals surface area contributed by atoms with Gasteiger partial charge in [-0.3, -0.25) is 0 Å². The number of aromatic nitrogens is 1. The number of hydrogen-bond donors (Lipinski definition) is 0. The van der Waals surface area contributed by atoms with Gasteiger partial charge < -0.3 is 8.98 Å². The Morgan fingerprint density at radius 3 is 2.33 bits per heavy atom. The number of nitrogens with zero attached hydrogens (tertiary/aromatic N) is 3. The average molecular weight is 566 g/mol. The minimum atomic E-state index is 0.644. The molecular weight excluding hydrogens is 547 g/mol. The van der Waals surface area contributed by atoms with Crippen LogP contribution in [0.25, 0.3) is 85.6 Å². The smallest absolute Gasteiger partial charge is 0.205 e. The summed E-state index contributed by atoms with van der Waals surface area (Å²) >= 11 is 1.67. The normalized spacial score (nSPS) is 11.7. The van der Waals surface area contributed by atoms with E-state index in [1.54, 1.807) is 11.3 Å². The van der Waals surface area contributed by atoms with E-state index < -0.39 is 0 Å². The molecule has 9 rings (SSSR count). The summed E-state index contributed by atoms with van der Waals surface area (Å²) in [6, 6.07) is 41.4. The van der Waals surface area contributed by atoms with Crippen LogP contribution in [0.5, 0.6) is 0 Å². The summed E-state index contributed by atoms with van der Waals surface area (Å²) in [5.41, 5.74) is 8.24. The highest BCUT2D eigenvalue weighted by atomic mass is 32.1. The number of furan rings is 1. The van der Waals surface area contributed by atoms with Crippen molar-refractivity contribution in [2.45, 2.75) is 0 Å². The summed E-state index contributed by atoms with van der Waals surface area (Å²) in [6.45, 7) is 8.15. The second kappa shape index (κ2) is 8.81. The van der Waals surface area contributed by atoms with Crippen LogP contribution >= 0.6 is 11.3 Å². The lowest BCUT2D eigenvalue weighted by Gasteiger charge is -2.09. The Balaban J connectivity index is 1.36. The van der Waals surface area contributed by atoms with Crippen molar-refractivity contribution in [3.63, 3.8) is 0 Å². The van der Waals surface area contributed by atoms with Crippen molar-refractivity contribution in [1.82, 2.24) is 4.57 Å². The molecule has 0 radical (unpaired) electrons. The van der Waals surface area contributed by atoms with E-state index >= 15 is 0 Å². The summed E-state index contributed by atoms with van der Waals surface area (Å²) in [4.78, 5) is 4.02. The maximum Gasteiger partial charge on any atom is 0.205 e. The lowest BCUT2D eigenvalue weighted by atomic mass is 9.97. The van der Waals surface area contributed by atoms with Crippen molar-refractivity contribution in [1.29, 1.82) is 5.26 Å². The summed E-state index contributed by atoms with van der Waals surface area (Å²) in [5, 5.41) is 16.1. The molecule has 0 atom stereocenters. The highest BCUT2D eigenvalue weighted by Crippen LogP contribution is 2.47. The Hall–Kier alpha value is -5.88. The molecule has 0 unspecified atom stereocenters. The molecular formula is C38H19N3OS. The second-order valence-corrected chi connectivity index (χ2v) is 11.7. The van der Waals surface area contributed by atoms with Crippen LogP contribution in [0.3, 0.4) is 0 Å². The standard InChI is InChI=1S/C38H19N3OS/c1-40-30-20-23(24-10-7-15-35-36(24)27-9-3-5-14-34(27)42-35)19-29-26-11-6-13-33(38(26)43-37(29)30)41-31-12-4-2-8-25(31)28-18-22(21-39)16-17-32(28)41/h2-20H. The lowest BCUT2D eigenvalue weighted by Crippen LogP contribution is -1.93. The Labute approximate surface area is 249 Å². The third-order valence-corrected chi connectivity index (χ3v) is 9.70. The quantitative estimate of drug-likeness (QED) is 0.196. The molecule has 4 nitrogen and oxygen atoms in total. The van der Waals surface area contributed by atoms with Crippen LogP contribution in [0.1, 0.15) is 5.56 Å². The van der Waals surface area contributed by atoms with E-state index in [9.17, 15) is 5.26 Å². The number of thiophene rings is 1. The van der Waals surface area contributed by atoms with E-state index in [0.29, 0.717) is 11.3 Å². The van der Waals surface area contributed by atoms with Crippen molar-refractivity contribution in [3.8, 4) is 22.9 Å². The maximum atomic E-state index is 9.58. The zero-order valence-electron chi connectivity index (χ0n) is 22.6. The van der Waals surface area contributed by atoms with Gasteiger partial charge in [0.2, 0.25) is 5.69 Å². The zero-order chi connectivity index (χ0) is 28.7. The molecule has 0 N–H and O–H groups in total. The van der Waals surface area contributed by atoms with Crippen molar-refractivity contribution in [2.24, 2.45) is 0 Å². The molecule has 0 aliphatic rings. The van der Waals surface area contributed by atoms with Crippen LogP contribution in [-0.4, -0.2) is 4.57 Å². The fourth-order valence-corrected chi connectivity index (χ4v) is 7.84. The maximum absolute atomic E-state index is 9.58. The van der Waals surface area contributed by atoms with E-state index in [0.717, 1.165) is 80.7 Å². The lowest BCUT2D eigenvalue weighted by molar-refractivity contribution is 0.669. The molecule has 0 saturated carbocycles. The minimum absolute atomic E-state index is 0.644. The molecule has 9 aromatic rings. The zero-order valence-corrected chi connectivity index (χ0v) is 23.4. The van der Waals surface area contributed by atoms with Crippen molar-refractivity contribution in [2.75, 3.05) is 0 Å². The second-order valence-electron chi connectivity index (χ2n) is 10.7. The van der Waals surface area contributed by atoms with Crippen molar-refractivity contribution < 1.29 is 4.42 Å². The minimum Gasteiger partial charge on any atom is -0.456 e. The van der Waals surface area contributed by atoms with Crippen LogP contribution in [0.4, 0.5) is 5.69 Å². The monoisotopic (exact) mass is 565 g/mol. The number of rotatable bonds is 2.